The molecule has 0 rings (SSSR count). The van der Waals surface area contributed by atoms with E-state index in [0.717, 1.165) is 5.88 Å². The van der Waals surface area contributed by atoms with Crippen LogP contribution in [0.15, 0.2) is 0 Å². The Kier molecular flexibility index (Phi) is 14.6. The number of thioether (sulfide) groups is 1. The quantitative estimate of drug-likeness (QED) is 0.394. The van der Waals surface area contributed by atoms with E-state index in [4.69, 9.17) is 0 Å². The summed E-state index contributed by atoms with van der Waals surface area (Å²) in [4.78, 5) is 0. The molecule has 0 aliphatic rings. The van der Waals surface area contributed by atoms with E-state index < -0.39 is 0 Å². The first-order chi connectivity index (χ1) is 7.41. The minimum absolute atomic E-state index is 1.13. The topological polar surface area (TPSA) is 12.0 Å². The van der Waals surface area contributed by atoms with Crippen molar-refractivity contribution in [3.05, 3.63) is 0 Å². The van der Waals surface area contributed by atoms with Gasteiger partial charge in [0, 0.05) is 5.88 Å². The van der Waals surface area contributed by atoms with Gasteiger partial charge in [-0.1, -0.05) is 58.8 Å². The molecule has 2 heteroatoms. The Morgan fingerprint density at radius 2 is 1.40 bits per heavy atom. The highest BCUT2D eigenvalue weighted by atomic mass is 32.2. The van der Waals surface area contributed by atoms with E-state index in [0.29, 0.717) is 0 Å². The zero-order valence-corrected chi connectivity index (χ0v) is 11.5. The molecule has 0 saturated heterocycles. The summed E-state index contributed by atoms with van der Waals surface area (Å²) in [6.07, 6.45) is 11.3. The van der Waals surface area contributed by atoms with Crippen LogP contribution < -0.4 is 5.32 Å². The lowest BCUT2D eigenvalue weighted by atomic mass is 10.1. The normalized spacial score (nSPS) is 10.8. The van der Waals surface area contributed by atoms with Gasteiger partial charge in [0.1, 0.15) is 0 Å². The smallest absolute Gasteiger partial charge is 0.0417 e. The van der Waals surface area contributed by atoms with Gasteiger partial charge in [-0.15, -0.1) is 11.8 Å². The van der Waals surface area contributed by atoms with Gasteiger partial charge in [-0.2, -0.15) is 0 Å². The van der Waals surface area contributed by atoms with Crippen LogP contribution in [0.3, 0.4) is 0 Å². The molecule has 92 valence electrons. The van der Waals surface area contributed by atoms with Crippen LogP contribution in [0.2, 0.25) is 0 Å². The number of hydrogen-bond acceptors (Lipinski definition) is 2. The third-order valence-electron chi connectivity index (χ3n) is 2.62. The van der Waals surface area contributed by atoms with Gasteiger partial charge in [0.15, 0.2) is 0 Å². The van der Waals surface area contributed by atoms with Gasteiger partial charge in [0.25, 0.3) is 0 Å². The predicted molar refractivity (Wildman–Crippen MR) is 73.6 cm³/mol. The minimum Gasteiger partial charge on any atom is -0.308 e. The van der Waals surface area contributed by atoms with Crippen LogP contribution in [0.4, 0.5) is 0 Å². The van der Waals surface area contributed by atoms with Gasteiger partial charge < -0.3 is 5.32 Å². The van der Waals surface area contributed by atoms with Crippen LogP contribution in [-0.4, -0.2) is 18.2 Å². The second-order valence-electron chi connectivity index (χ2n) is 4.11. The molecule has 0 spiro atoms. The lowest BCUT2D eigenvalue weighted by Gasteiger charge is -2.03. The van der Waals surface area contributed by atoms with E-state index in [9.17, 15) is 0 Å². The molecule has 0 heterocycles. The largest absolute Gasteiger partial charge is 0.308 e. The second-order valence-corrected chi connectivity index (χ2v) is 5.39. The molecule has 0 aromatic rings. The van der Waals surface area contributed by atoms with Gasteiger partial charge in [-0.3, -0.25) is 0 Å². The summed E-state index contributed by atoms with van der Waals surface area (Å²) in [5.41, 5.74) is 0. The average Bonchev–Trinajstić information content (AvgIpc) is 2.26. The third-order valence-corrected chi connectivity index (χ3v) is 3.43. The molecule has 0 aliphatic heterocycles. The Bertz CT molecular complexity index is 94.7. The zero-order chi connectivity index (χ0) is 11.2. The Morgan fingerprint density at radius 1 is 0.800 bits per heavy atom. The first kappa shape index (κ1) is 15.3. The van der Waals surface area contributed by atoms with E-state index in [2.05, 4.69) is 19.2 Å². The molecule has 0 aromatic carbocycles. The molecular weight excluding hydrogens is 202 g/mol. The standard InChI is InChI=1S/C13H29NS/c1-3-5-6-7-8-9-10-11-12-14-13-15-4-2/h14H,3-13H2,1-2H3. The molecule has 0 unspecified atom stereocenters. The van der Waals surface area contributed by atoms with Gasteiger partial charge in [0.2, 0.25) is 0 Å². The molecule has 0 radical (unpaired) electrons. The molecule has 0 aromatic heterocycles. The van der Waals surface area contributed by atoms with Crippen LogP contribution in [0.5, 0.6) is 0 Å². The maximum absolute atomic E-state index is 3.46. The van der Waals surface area contributed by atoms with Crippen LogP contribution in [0.25, 0.3) is 0 Å². The van der Waals surface area contributed by atoms with E-state index >= 15 is 0 Å². The van der Waals surface area contributed by atoms with E-state index in [1.165, 1.54) is 63.7 Å². The SMILES string of the molecule is CCCCCCCCCCNCSCC. The summed E-state index contributed by atoms with van der Waals surface area (Å²) < 4.78 is 0. The molecular formula is C13H29NS. The molecule has 0 saturated carbocycles. The Balaban J connectivity index is 2.81. The molecule has 0 atom stereocenters. The summed E-state index contributed by atoms with van der Waals surface area (Å²) in [5, 5.41) is 3.46. The highest BCUT2D eigenvalue weighted by molar-refractivity contribution is 7.99. The second kappa shape index (κ2) is 14.3. The van der Waals surface area contributed by atoms with Gasteiger partial charge in [0.05, 0.1) is 0 Å². The molecule has 15 heavy (non-hydrogen) atoms. The van der Waals surface area contributed by atoms with Crippen LogP contribution in [-0.2, 0) is 0 Å². The fourth-order valence-corrected chi connectivity index (χ4v) is 2.12. The predicted octanol–water partition coefficient (Wildman–Crippen LogP) is 4.43. The van der Waals surface area contributed by atoms with Gasteiger partial charge in [-0.05, 0) is 18.7 Å². The van der Waals surface area contributed by atoms with Crippen molar-refractivity contribution in [2.45, 2.75) is 65.2 Å². The lowest BCUT2D eigenvalue weighted by molar-refractivity contribution is 0.566. The third kappa shape index (κ3) is 14.3. The lowest BCUT2D eigenvalue weighted by Crippen LogP contribution is -2.14. The maximum atomic E-state index is 3.46. The minimum atomic E-state index is 1.13. The van der Waals surface area contributed by atoms with Crippen molar-refractivity contribution in [1.82, 2.24) is 5.32 Å². The molecule has 1 nitrogen and oxygen atoms in total. The molecule has 0 amide bonds. The number of nitrogens with one attached hydrogen (secondary N) is 1. The van der Waals surface area contributed by atoms with Crippen molar-refractivity contribution >= 4 is 11.8 Å². The molecule has 1 N–H and O–H groups in total. The van der Waals surface area contributed by atoms with Crippen LogP contribution in [0.1, 0.15) is 65.2 Å². The number of hydrogen-bond donors (Lipinski definition) is 1. The summed E-state index contributed by atoms with van der Waals surface area (Å²) in [6.45, 7) is 5.70. The molecule has 0 aliphatic carbocycles. The monoisotopic (exact) mass is 231 g/mol. The van der Waals surface area contributed by atoms with Gasteiger partial charge >= 0.3 is 0 Å². The number of unbranched alkanes of at least 4 members (excludes halogenated alkanes) is 7. The summed E-state index contributed by atoms with van der Waals surface area (Å²) >= 11 is 1.97. The summed E-state index contributed by atoms with van der Waals surface area (Å²) in [6, 6.07) is 0. The van der Waals surface area contributed by atoms with Crippen molar-refractivity contribution in [3.8, 4) is 0 Å². The Labute approximate surface area is 101 Å². The first-order valence-electron chi connectivity index (χ1n) is 6.70. The van der Waals surface area contributed by atoms with E-state index in [1.54, 1.807) is 0 Å². The summed E-state index contributed by atoms with van der Waals surface area (Å²) in [5.74, 6) is 2.36. The van der Waals surface area contributed by atoms with Crippen molar-refractivity contribution in [3.63, 3.8) is 0 Å². The first-order valence-corrected chi connectivity index (χ1v) is 7.85. The van der Waals surface area contributed by atoms with Crippen molar-refractivity contribution in [1.29, 1.82) is 0 Å². The van der Waals surface area contributed by atoms with Crippen molar-refractivity contribution < 1.29 is 0 Å². The van der Waals surface area contributed by atoms with Crippen LogP contribution >= 0.6 is 11.8 Å². The van der Waals surface area contributed by atoms with E-state index in [-0.39, 0.29) is 0 Å². The van der Waals surface area contributed by atoms with Crippen molar-refractivity contribution in [2.24, 2.45) is 0 Å². The van der Waals surface area contributed by atoms with Gasteiger partial charge in [-0.25, -0.2) is 0 Å². The zero-order valence-electron chi connectivity index (χ0n) is 10.7. The van der Waals surface area contributed by atoms with Crippen molar-refractivity contribution in [2.75, 3.05) is 18.2 Å². The Hall–Kier alpha value is 0.310. The fourth-order valence-electron chi connectivity index (χ4n) is 1.63. The van der Waals surface area contributed by atoms with E-state index in [1.807, 2.05) is 11.8 Å². The highest BCUT2D eigenvalue weighted by Crippen LogP contribution is 2.07. The molecule has 0 bridgehead atoms. The fraction of sp³-hybridized carbons (Fsp3) is 1.00. The molecule has 0 fully saturated rings. The average molecular weight is 231 g/mol. The number of rotatable bonds is 12. The van der Waals surface area contributed by atoms with Crippen LogP contribution in [0, 0.1) is 0 Å². The Morgan fingerprint density at radius 3 is 2.00 bits per heavy atom. The summed E-state index contributed by atoms with van der Waals surface area (Å²) in [7, 11) is 0. The maximum Gasteiger partial charge on any atom is 0.0417 e. The highest BCUT2D eigenvalue weighted by Gasteiger charge is 1.91.